The third kappa shape index (κ3) is 4.16. The van der Waals surface area contributed by atoms with Crippen molar-refractivity contribution < 1.29 is 9.53 Å². The molecule has 0 saturated carbocycles. The van der Waals surface area contributed by atoms with Crippen molar-refractivity contribution in [1.29, 1.82) is 0 Å². The van der Waals surface area contributed by atoms with Gasteiger partial charge in [-0.1, -0.05) is 97.9 Å². The Labute approximate surface area is 149 Å². The summed E-state index contributed by atoms with van der Waals surface area (Å²) in [5, 5.41) is 0. The first kappa shape index (κ1) is 17.0. The molecule has 0 heterocycles. The van der Waals surface area contributed by atoms with Crippen LogP contribution in [0.3, 0.4) is 0 Å². The van der Waals surface area contributed by atoms with E-state index in [9.17, 15) is 4.79 Å². The van der Waals surface area contributed by atoms with Crippen molar-refractivity contribution >= 4 is 5.97 Å². The monoisotopic (exact) mass is 330 g/mol. The number of carbonyl (C=O) groups is 1. The first-order valence-electron chi connectivity index (χ1n) is 8.65. The van der Waals surface area contributed by atoms with E-state index in [4.69, 9.17) is 4.74 Å². The van der Waals surface area contributed by atoms with E-state index < -0.39 is 6.10 Å². The molecule has 0 aliphatic rings. The third-order valence-electron chi connectivity index (χ3n) is 4.33. The highest BCUT2D eigenvalue weighted by Crippen LogP contribution is 2.30. The highest BCUT2D eigenvalue weighted by Gasteiger charge is 2.25. The minimum atomic E-state index is -0.396. The zero-order valence-electron chi connectivity index (χ0n) is 14.3. The molecule has 3 aromatic carbocycles. The third-order valence-corrected chi connectivity index (χ3v) is 4.33. The molecular formula is C23H22O2. The van der Waals surface area contributed by atoms with E-state index in [0.717, 1.165) is 16.7 Å². The summed E-state index contributed by atoms with van der Waals surface area (Å²) in [4.78, 5) is 12.9. The van der Waals surface area contributed by atoms with Gasteiger partial charge in [-0.25, -0.2) is 0 Å². The zero-order chi connectivity index (χ0) is 17.5. The van der Waals surface area contributed by atoms with Gasteiger partial charge in [0.2, 0.25) is 0 Å². The Kier molecular flexibility index (Phi) is 5.63. The zero-order valence-corrected chi connectivity index (χ0v) is 14.3. The number of carbonyl (C=O) groups excluding carboxylic acids is 1. The summed E-state index contributed by atoms with van der Waals surface area (Å²) in [5.41, 5.74) is 2.95. The van der Waals surface area contributed by atoms with Crippen LogP contribution < -0.4 is 0 Å². The summed E-state index contributed by atoms with van der Waals surface area (Å²) in [5.74, 6) is -0.442. The molecule has 3 aromatic rings. The second-order valence-electron chi connectivity index (χ2n) is 6.01. The van der Waals surface area contributed by atoms with E-state index in [2.05, 4.69) is 0 Å². The van der Waals surface area contributed by atoms with Crippen LogP contribution in [0.4, 0.5) is 0 Å². The predicted octanol–water partition coefficient (Wildman–Crippen LogP) is 5.51. The summed E-state index contributed by atoms with van der Waals surface area (Å²) in [7, 11) is 0. The van der Waals surface area contributed by atoms with Crippen LogP contribution in [0.2, 0.25) is 0 Å². The van der Waals surface area contributed by atoms with E-state index in [1.54, 1.807) is 0 Å². The Bertz CT molecular complexity index is 743. The molecule has 0 spiro atoms. The van der Waals surface area contributed by atoms with Crippen molar-refractivity contribution in [2.45, 2.75) is 25.4 Å². The van der Waals surface area contributed by atoms with Gasteiger partial charge >= 0.3 is 5.97 Å². The molecule has 0 saturated heterocycles. The van der Waals surface area contributed by atoms with Crippen LogP contribution in [-0.4, -0.2) is 5.97 Å². The maximum absolute atomic E-state index is 12.9. The lowest BCUT2D eigenvalue weighted by molar-refractivity contribution is -0.149. The van der Waals surface area contributed by atoms with Crippen molar-refractivity contribution in [1.82, 2.24) is 0 Å². The fraction of sp³-hybridized carbons (Fsp3) is 0.174. The molecule has 2 heteroatoms. The summed E-state index contributed by atoms with van der Waals surface area (Å²) in [6, 6.07) is 29.6. The quantitative estimate of drug-likeness (QED) is 0.557. The van der Waals surface area contributed by atoms with Gasteiger partial charge in [0.25, 0.3) is 0 Å². The highest BCUT2D eigenvalue weighted by atomic mass is 16.5. The van der Waals surface area contributed by atoms with Crippen LogP contribution >= 0.6 is 0 Å². The van der Waals surface area contributed by atoms with Crippen molar-refractivity contribution in [2.75, 3.05) is 0 Å². The van der Waals surface area contributed by atoms with Gasteiger partial charge in [-0.3, -0.25) is 4.79 Å². The molecule has 3 rings (SSSR count). The lowest BCUT2D eigenvalue weighted by Gasteiger charge is -2.22. The van der Waals surface area contributed by atoms with E-state index in [1.807, 2.05) is 97.9 Å². The topological polar surface area (TPSA) is 26.3 Å². The first-order valence-corrected chi connectivity index (χ1v) is 8.65. The van der Waals surface area contributed by atoms with Gasteiger partial charge in [0, 0.05) is 0 Å². The van der Waals surface area contributed by atoms with Gasteiger partial charge in [0.05, 0.1) is 5.92 Å². The van der Waals surface area contributed by atoms with Gasteiger partial charge in [0.1, 0.15) is 0 Å². The normalized spacial score (nSPS) is 11.9. The second-order valence-corrected chi connectivity index (χ2v) is 6.01. The molecule has 2 nitrogen and oxygen atoms in total. The Morgan fingerprint density at radius 1 is 0.720 bits per heavy atom. The highest BCUT2D eigenvalue weighted by molar-refractivity contribution is 5.78. The van der Waals surface area contributed by atoms with Gasteiger partial charge in [-0.2, -0.15) is 0 Å². The summed E-state index contributed by atoms with van der Waals surface area (Å²) in [6.07, 6.45) is 0.312. The molecule has 25 heavy (non-hydrogen) atoms. The SMILES string of the molecule is CC[C@H](C(=O)OC(c1ccccc1)c1ccccc1)c1ccccc1. The minimum Gasteiger partial charge on any atom is -0.452 e. The maximum Gasteiger partial charge on any atom is 0.314 e. The summed E-state index contributed by atoms with van der Waals surface area (Å²) < 4.78 is 5.99. The molecule has 0 amide bonds. The fourth-order valence-corrected chi connectivity index (χ4v) is 3.01. The van der Waals surface area contributed by atoms with Gasteiger partial charge in [-0.05, 0) is 23.1 Å². The Morgan fingerprint density at radius 3 is 1.52 bits per heavy atom. The molecule has 0 fully saturated rings. The summed E-state index contributed by atoms with van der Waals surface area (Å²) >= 11 is 0. The van der Waals surface area contributed by atoms with E-state index in [1.165, 1.54) is 0 Å². The minimum absolute atomic E-state index is 0.189. The molecule has 0 aromatic heterocycles. The molecule has 0 aliphatic carbocycles. The molecule has 0 unspecified atom stereocenters. The number of benzene rings is 3. The lowest BCUT2D eigenvalue weighted by atomic mass is 9.96. The molecule has 0 N–H and O–H groups in total. The number of esters is 1. The molecule has 0 bridgehead atoms. The van der Waals surface area contributed by atoms with Crippen LogP contribution in [0.1, 0.15) is 42.1 Å². The smallest absolute Gasteiger partial charge is 0.314 e. The van der Waals surface area contributed by atoms with Crippen LogP contribution in [0.15, 0.2) is 91.0 Å². The van der Waals surface area contributed by atoms with E-state index >= 15 is 0 Å². The van der Waals surface area contributed by atoms with Gasteiger partial charge < -0.3 is 4.74 Å². The molecular weight excluding hydrogens is 308 g/mol. The van der Waals surface area contributed by atoms with E-state index in [-0.39, 0.29) is 11.9 Å². The van der Waals surface area contributed by atoms with Gasteiger partial charge in [0.15, 0.2) is 6.10 Å². The fourth-order valence-electron chi connectivity index (χ4n) is 3.01. The van der Waals surface area contributed by atoms with E-state index in [0.29, 0.717) is 6.42 Å². The molecule has 0 aliphatic heterocycles. The molecule has 1 atom stereocenters. The number of hydrogen-bond donors (Lipinski definition) is 0. The Morgan fingerprint density at radius 2 is 1.12 bits per heavy atom. The van der Waals surface area contributed by atoms with Crippen LogP contribution in [-0.2, 0) is 9.53 Å². The lowest BCUT2D eigenvalue weighted by Crippen LogP contribution is -2.19. The van der Waals surface area contributed by atoms with Crippen molar-refractivity contribution in [3.05, 3.63) is 108 Å². The number of rotatable bonds is 6. The molecule has 0 radical (unpaired) electrons. The molecule has 126 valence electrons. The first-order chi connectivity index (χ1) is 12.3. The standard InChI is InChI=1S/C23H22O2/c1-2-21(18-12-6-3-7-13-18)23(24)25-22(19-14-8-4-9-15-19)20-16-10-5-11-17-20/h3-17,21-22H,2H2,1H3/t21-/m0/s1. The van der Waals surface area contributed by atoms with Crippen molar-refractivity contribution in [2.24, 2.45) is 0 Å². The van der Waals surface area contributed by atoms with Crippen LogP contribution in [0.25, 0.3) is 0 Å². The average molecular weight is 330 g/mol. The second kappa shape index (κ2) is 8.29. The number of ether oxygens (including phenoxy) is 1. The Hall–Kier alpha value is -2.87. The largest absolute Gasteiger partial charge is 0.452 e. The Balaban J connectivity index is 1.88. The van der Waals surface area contributed by atoms with Crippen LogP contribution in [0.5, 0.6) is 0 Å². The van der Waals surface area contributed by atoms with Crippen molar-refractivity contribution in [3.8, 4) is 0 Å². The van der Waals surface area contributed by atoms with Crippen LogP contribution in [0, 0.1) is 0 Å². The van der Waals surface area contributed by atoms with Crippen molar-refractivity contribution in [3.63, 3.8) is 0 Å². The maximum atomic E-state index is 12.9. The number of hydrogen-bond acceptors (Lipinski definition) is 2. The predicted molar refractivity (Wildman–Crippen MR) is 100 cm³/mol. The summed E-state index contributed by atoms with van der Waals surface area (Å²) in [6.45, 7) is 2.01. The average Bonchev–Trinajstić information content (AvgIpc) is 2.69. The van der Waals surface area contributed by atoms with Gasteiger partial charge in [-0.15, -0.1) is 0 Å².